The summed E-state index contributed by atoms with van der Waals surface area (Å²) in [6.45, 7) is 6.88. The Kier molecular flexibility index (Phi) is 3.44. The molecule has 0 amide bonds. The summed E-state index contributed by atoms with van der Waals surface area (Å²) in [5, 5.41) is 0. The summed E-state index contributed by atoms with van der Waals surface area (Å²) in [4.78, 5) is 6.73. The molecule has 1 aromatic heterocycles. The largest absolute Gasteiger partial charge is 0.383 e. The van der Waals surface area contributed by atoms with Gasteiger partial charge in [-0.25, -0.2) is 4.98 Å². The highest BCUT2D eigenvalue weighted by Gasteiger charge is 2.27. The van der Waals surface area contributed by atoms with Crippen LogP contribution in [0.4, 0.5) is 5.82 Å². The van der Waals surface area contributed by atoms with Gasteiger partial charge in [-0.2, -0.15) is 0 Å². The lowest BCUT2D eigenvalue weighted by Crippen LogP contribution is -2.28. The van der Waals surface area contributed by atoms with Crippen molar-refractivity contribution < 1.29 is 0 Å². The first-order chi connectivity index (χ1) is 7.68. The third-order valence-corrected chi connectivity index (χ3v) is 3.19. The van der Waals surface area contributed by atoms with E-state index in [0.717, 1.165) is 6.54 Å². The maximum atomic E-state index is 5.96. The van der Waals surface area contributed by atoms with Crippen LogP contribution in [-0.2, 0) is 0 Å². The van der Waals surface area contributed by atoms with Gasteiger partial charge in [0.05, 0.1) is 0 Å². The number of hydrogen-bond donors (Lipinski definition) is 1. The van der Waals surface area contributed by atoms with Crippen LogP contribution in [0.2, 0.25) is 0 Å². The molecule has 0 saturated carbocycles. The molecule has 16 heavy (non-hydrogen) atoms. The molecule has 1 fully saturated rings. The average molecular weight is 219 g/mol. The van der Waals surface area contributed by atoms with Crippen LogP contribution >= 0.6 is 0 Å². The summed E-state index contributed by atoms with van der Waals surface area (Å²) in [5.41, 5.74) is 7.16. The van der Waals surface area contributed by atoms with Crippen LogP contribution in [0.25, 0.3) is 0 Å². The molecule has 1 aliphatic heterocycles. The molecule has 1 aromatic rings. The Morgan fingerprint density at radius 1 is 1.56 bits per heavy atom. The minimum atomic E-state index is 0.482. The van der Waals surface area contributed by atoms with Crippen LogP contribution in [0.1, 0.15) is 38.3 Å². The number of nitrogens with zero attached hydrogens (tertiary/aromatic N) is 2. The third-order valence-electron chi connectivity index (χ3n) is 3.19. The van der Waals surface area contributed by atoms with Crippen LogP contribution in [-0.4, -0.2) is 23.0 Å². The predicted octanol–water partition coefficient (Wildman–Crippen LogP) is 2.46. The summed E-state index contributed by atoms with van der Waals surface area (Å²) in [5.74, 6) is 1.40. The Hall–Kier alpha value is -1.09. The SMILES string of the molecule is CC(C)CN1CCCC1c1cccnc1N. The maximum absolute atomic E-state index is 5.96. The zero-order valence-electron chi connectivity index (χ0n) is 10.2. The van der Waals surface area contributed by atoms with E-state index in [2.05, 4.69) is 29.8 Å². The standard InChI is InChI=1S/C13H21N3/c1-10(2)9-16-8-4-6-12(16)11-5-3-7-15-13(11)14/h3,5,7,10,12H,4,6,8-9H2,1-2H3,(H2,14,15). The molecule has 1 aliphatic rings. The molecule has 2 heterocycles. The van der Waals surface area contributed by atoms with Crippen molar-refractivity contribution in [2.24, 2.45) is 5.92 Å². The number of pyridine rings is 1. The van der Waals surface area contributed by atoms with Crippen LogP contribution in [0, 0.1) is 5.92 Å². The molecule has 88 valence electrons. The fourth-order valence-electron chi connectivity index (χ4n) is 2.58. The van der Waals surface area contributed by atoms with Gasteiger partial charge < -0.3 is 5.73 Å². The van der Waals surface area contributed by atoms with Gasteiger partial charge in [0.2, 0.25) is 0 Å². The van der Waals surface area contributed by atoms with Crippen molar-refractivity contribution in [3.05, 3.63) is 23.9 Å². The van der Waals surface area contributed by atoms with Crippen molar-refractivity contribution in [2.75, 3.05) is 18.8 Å². The van der Waals surface area contributed by atoms with Gasteiger partial charge in [0.1, 0.15) is 5.82 Å². The lowest BCUT2D eigenvalue weighted by molar-refractivity contribution is 0.229. The van der Waals surface area contributed by atoms with Crippen molar-refractivity contribution in [3.63, 3.8) is 0 Å². The molecular formula is C13H21N3. The molecule has 0 spiro atoms. The first kappa shape index (κ1) is 11.4. The second kappa shape index (κ2) is 4.83. The van der Waals surface area contributed by atoms with Crippen molar-refractivity contribution in [1.29, 1.82) is 0 Å². The topological polar surface area (TPSA) is 42.2 Å². The molecule has 3 nitrogen and oxygen atoms in total. The molecule has 0 aliphatic carbocycles. The summed E-state index contributed by atoms with van der Waals surface area (Å²) in [7, 11) is 0. The quantitative estimate of drug-likeness (QED) is 0.849. The van der Waals surface area contributed by atoms with Crippen molar-refractivity contribution in [2.45, 2.75) is 32.7 Å². The zero-order valence-corrected chi connectivity index (χ0v) is 10.2. The van der Waals surface area contributed by atoms with Gasteiger partial charge in [-0.1, -0.05) is 19.9 Å². The fraction of sp³-hybridized carbons (Fsp3) is 0.615. The van der Waals surface area contributed by atoms with E-state index in [9.17, 15) is 0 Å². The highest BCUT2D eigenvalue weighted by molar-refractivity contribution is 5.41. The van der Waals surface area contributed by atoms with Gasteiger partial charge in [-0.3, -0.25) is 4.90 Å². The van der Waals surface area contributed by atoms with Crippen LogP contribution in [0.3, 0.4) is 0 Å². The normalized spacial score (nSPS) is 21.8. The fourth-order valence-corrected chi connectivity index (χ4v) is 2.58. The van der Waals surface area contributed by atoms with Crippen molar-refractivity contribution >= 4 is 5.82 Å². The van der Waals surface area contributed by atoms with E-state index in [4.69, 9.17) is 5.73 Å². The summed E-state index contributed by atoms with van der Waals surface area (Å²) in [6, 6.07) is 4.58. The van der Waals surface area contributed by atoms with Gasteiger partial charge in [-0.05, 0) is 31.4 Å². The van der Waals surface area contributed by atoms with Gasteiger partial charge in [0.25, 0.3) is 0 Å². The minimum Gasteiger partial charge on any atom is -0.383 e. The predicted molar refractivity (Wildman–Crippen MR) is 67.0 cm³/mol. The molecule has 1 atom stereocenters. The van der Waals surface area contributed by atoms with Crippen LogP contribution in [0.15, 0.2) is 18.3 Å². The molecule has 1 unspecified atom stereocenters. The number of nitrogen functional groups attached to an aromatic ring is 1. The highest BCUT2D eigenvalue weighted by Crippen LogP contribution is 2.34. The Morgan fingerprint density at radius 2 is 2.38 bits per heavy atom. The van der Waals surface area contributed by atoms with Gasteiger partial charge >= 0.3 is 0 Å². The number of likely N-dealkylation sites (tertiary alicyclic amines) is 1. The molecule has 2 N–H and O–H groups in total. The monoisotopic (exact) mass is 219 g/mol. The molecule has 1 saturated heterocycles. The van der Waals surface area contributed by atoms with E-state index in [1.165, 1.54) is 24.9 Å². The zero-order chi connectivity index (χ0) is 11.5. The number of rotatable bonds is 3. The van der Waals surface area contributed by atoms with E-state index in [-0.39, 0.29) is 0 Å². The minimum absolute atomic E-state index is 0.482. The second-order valence-corrected chi connectivity index (χ2v) is 5.02. The van der Waals surface area contributed by atoms with E-state index in [1.807, 2.05) is 6.07 Å². The first-order valence-corrected chi connectivity index (χ1v) is 6.13. The maximum Gasteiger partial charge on any atom is 0.128 e. The average Bonchev–Trinajstić information content (AvgIpc) is 2.66. The molecular weight excluding hydrogens is 198 g/mol. The second-order valence-electron chi connectivity index (χ2n) is 5.02. The molecule has 0 aromatic carbocycles. The van der Waals surface area contributed by atoms with Crippen LogP contribution in [0.5, 0.6) is 0 Å². The van der Waals surface area contributed by atoms with Gasteiger partial charge in [0.15, 0.2) is 0 Å². The van der Waals surface area contributed by atoms with Crippen molar-refractivity contribution in [1.82, 2.24) is 9.88 Å². The molecule has 0 radical (unpaired) electrons. The number of aromatic nitrogens is 1. The van der Waals surface area contributed by atoms with Gasteiger partial charge in [0, 0.05) is 24.3 Å². The summed E-state index contributed by atoms with van der Waals surface area (Å²) in [6.07, 6.45) is 4.24. The summed E-state index contributed by atoms with van der Waals surface area (Å²) >= 11 is 0. The molecule has 2 rings (SSSR count). The van der Waals surface area contributed by atoms with E-state index >= 15 is 0 Å². The Morgan fingerprint density at radius 3 is 3.06 bits per heavy atom. The highest BCUT2D eigenvalue weighted by atomic mass is 15.2. The first-order valence-electron chi connectivity index (χ1n) is 6.13. The van der Waals surface area contributed by atoms with Gasteiger partial charge in [-0.15, -0.1) is 0 Å². The Bertz CT molecular complexity index is 349. The summed E-state index contributed by atoms with van der Waals surface area (Å²) < 4.78 is 0. The van der Waals surface area contributed by atoms with E-state index in [1.54, 1.807) is 6.20 Å². The number of nitrogens with two attached hydrogens (primary N) is 1. The van der Waals surface area contributed by atoms with E-state index < -0.39 is 0 Å². The molecule has 0 bridgehead atoms. The lowest BCUT2D eigenvalue weighted by Gasteiger charge is -2.26. The Labute approximate surface area is 97.7 Å². The number of anilines is 1. The number of hydrogen-bond acceptors (Lipinski definition) is 3. The van der Waals surface area contributed by atoms with E-state index in [0.29, 0.717) is 17.8 Å². The third kappa shape index (κ3) is 2.35. The smallest absolute Gasteiger partial charge is 0.128 e. The van der Waals surface area contributed by atoms with Crippen molar-refractivity contribution in [3.8, 4) is 0 Å². The lowest BCUT2D eigenvalue weighted by atomic mass is 10.0. The Balaban J connectivity index is 2.17. The molecule has 3 heteroatoms. The van der Waals surface area contributed by atoms with Crippen LogP contribution < -0.4 is 5.73 Å².